The van der Waals surface area contributed by atoms with Crippen molar-refractivity contribution < 1.29 is 4.74 Å². The van der Waals surface area contributed by atoms with E-state index in [-0.39, 0.29) is 0 Å². The van der Waals surface area contributed by atoms with Crippen LogP contribution in [-0.4, -0.2) is 29.3 Å². The number of hydrogen-bond acceptors (Lipinski definition) is 3. The number of aromatic nitrogens is 2. The summed E-state index contributed by atoms with van der Waals surface area (Å²) in [6.07, 6.45) is 1.30. The number of aryl methyl sites for hydroxylation is 1. The number of nitrogens with zero attached hydrogens (tertiary/aromatic N) is 2. The minimum atomic E-state index is 0.303. The zero-order chi connectivity index (χ0) is 11.8. The molecule has 2 atom stereocenters. The standard InChI is InChI=1S/C13H17N3O/c1-16-12-6-4-3-5-10(12)15-13(16)11-7-9(17-2)8-14-11/h3-6,9,11,14H,7-8H2,1-2H3/t9-,11-/m1/s1. The van der Waals surface area contributed by atoms with Crippen molar-refractivity contribution >= 4 is 11.0 Å². The predicted molar refractivity (Wildman–Crippen MR) is 66.9 cm³/mol. The smallest absolute Gasteiger partial charge is 0.126 e. The second-order valence-electron chi connectivity index (χ2n) is 4.57. The van der Waals surface area contributed by atoms with Gasteiger partial charge in [0, 0.05) is 20.7 Å². The molecule has 0 radical (unpaired) electrons. The molecular weight excluding hydrogens is 214 g/mol. The van der Waals surface area contributed by atoms with E-state index in [1.54, 1.807) is 7.11 Å². The van der Waals surface area contributed by atoms with Gasteiger partial charge in [0.15, 0.2) is 0 Å². The maximum Gasteiger partial charge on any atom is 0.126 e. The molecule has 0 spiro atoms. The molecule has 90 valence electrons. The van der Waals surface area contributed by atoms with Crippen LogP contribution in [0.1, 0.15) is 18.3 Å². The number of methoxy groups -OCH3 is 1. The molecule has 4 heteroatoms. The molecule has 1 aliphatic rings. The number of fused-ring (bicyclic) bond motifs is 1. The van der Waals surface area contributed by atoms with Gasteiger partial charge in [0.1, 0.15) is 5.82 Å². The fraction of sp³-hybridized carbons (Fsp3) is 0.462. The van der Waals surface area contributed by atoms with Crippen LogP contribution in [0.25, 0.3) is 11.0 Å². The summed E-state index contributed by atoms with van der Waals surface area (Å²) >= 11 is 0. The Kier molecular flexibility index (Phi) is 2.61. The maximum absolute atomic E-state index is 5.38. The van der Waals surface area contributed by atoms with Gasteiger partial charge in [0.25, 0.3) is 0 Å². The summed E-state index contributed by atoms with van der Waals surface area (Å²) in [6, 6.07) is 8.54. The van der Waals surface area contributed by atoms with Gasteiger partial charge in [-0.25, -0.2) is 4.98 Å². The summed E-state index contributed by atoms with van der Waals surface area (Å²) < 4.78 is 7.55. The molecule has 2 heterocycles. The first-order chi connectivity index (χ1) is 8.29. The Morgan fingerprint density at radius 2 is 2.24 bits per heavy atom. The molecule has 3 rings (SSSR count). The van der Waals surface area contributed by atoms with Crippen molar-refractivity contribution in [3.63, 3.8) is 0 Å². The Balaban J connectivity index is 1.98. The number of hydrogen-bond donors (Lipinski definition) is 1. The third-order valence-electron chi connectivity index (χ3n) is 3.56. The normalized spacial score (nSPS) is 24.6. The number of imidazole rings is 1. The molecule has 0 aliphatic carbocycles. The Hall–Kier alpha value is -1.39. The van der Waals surface area contributed by atoms with Gasteiger partial charge < -0.3 is 14.6 Å². The highest BCUT2D eigenvalue weighted by Gasteiger charge is 2.28. The zero-order valence-electron chi connectivity index (χ0n) is 10.2. The first-order valence-electron chi connectivity index (χ1n) is 5.97. The van der Waals surface area contributed by atoms with Crippen LogP contribution in [-0.2, 0) is 11.8 Å². The van der Waals surface area contributed by atoms with E-state index in [1.165, 1.54) is 5.52 Å². The molecular formula is C13H17N3O. The molecule has 1 N–H and O–H groups in total. The summed E-state index contributed by atoms with van der Waals surface area (Å²) in [7, 11) is 3.84. The van der Waals surface area contributed by atoms with Gasteiger partial charge in [0.05, 0.1) is 23.2 Å². The molecule has 1 fully saturated rings. The topological polar surface area (TPSA) is 39.1 Å². The van der Waals surface area contributed by atoms with Gasteiger partial charge in [-0.05, 0) is 18.6 Å². The molecule has 17 heavy (non-hydrogen) atoms. The average Bonchev–Trinajstić information content (AvgIpc) is 2.95. The van der Waals surface area contributed by atoms with Gasteiger partial charge in [-0.3, -0.25) is 0 Å². The van der Waals surface area contributed by atoms with Crippen LogP contribution >= 0.6 is 0 Å². The van der Waals surface area contributed by atoms with Crippen molar-refractivity contribution in [1.82, 2.24) is 14.9 Å². The number of ether oxygens (including phenoxy) is 1. The number of para-hydroxylation sites is 2. The quantitative estimate of drug-likeness (QED) is 0.853. The van der Waals surface area contributed by atoms with E-state index in [9.17, 15) is 0 Å². The van der Waals surface area contributed by atoms with Crippen LogP contribution in [0.15, 0.2) is 24.3 Å². The summed E-state index contributed by atoms with van der Waals surface area (Å²) in [6.45, 7) is 0.907. The van der Waals surface area contributed by atoms with Crippen molar-refractivity contribution in [3.8, 4) is 0 Å². The average molecular weight is 231 g/mol. The number of nitrogens with one attached hydrogen (secondary N) is 1. The van der Waals surface area contributed by atoms with Crippen LogP contribution in [0.4, 0.5) is 0 Å². The summed E-state index contributed by atoms with van der Waals surface area (Å²) in [5.74, 6) is 1.10. The lowest BCUT2D eigenvalue weighted by Crippen LogP contribution is -2.18. The first-order valence-corrected chi connectivity index (χ1v) is 5.97. The predicted octanol–water partition coefficient (Wildman–Crippen LogP) is 1.62. The third-order valence-corrected chi connectivity index (χ3v) is 3.56. The second-order valence-corrected chi connectivity index (χ2v) is 4.57. The molecule has 0 unspecified atom stereocenters. The highest BCUT2D eigenvalue weighted by molar-refractivity contribution is 5.75. The molecule has 1 aromatic carbocycles. The minimum absolute atomic E-state index is 0.303. The lowest BCUT2D eigenvalue weighted by Gasteiger charge is -2.10. The molecule has 0 amide bonds. The van der Waals surface area contributed by atoms with Crippen molar-refractivity contribution in [3.05, 3.63) is 30.1 Å². The number of benzene rings is 1. The largest absolute Gasteiger partial charge is 0.380 e. The Morgan fingerprint density at radius 3 is 2.94 bits per heavy atom. The summed E-state index contributed by atoms with van der Waals surface area (Å²) in [5, 5.41) is 3.47. The second kappa shape index (κ2) is 4.13. The molecule has 2 aromatic rings. The van der Waals surface area contributed by atoms with Gasteiger partial charge in [-0.1, -0.05) is 12.1 Å². The SMILES string of the molecule is CO[C@H]1CN[C@@H](c2nc3ccccc3n2C)C1. The summed E-state index contributed by atoms with van der Waals surface area (Å²) in [4.78, 5) is 4.71. The van der Waals surface area contributed by atoms with Crippen LogP contribution in [0.3, 0.4) is 0 Å². The van der Waals surface area contributed by atoms with E-state index in [2.05, 4.69) is 29.1 Å². The fourth-order valence-electron chi connectivity index (χ4n) is 2.56. The highest BCUT2D eigenvalue weighted by Crippen LogP contribution is 2.26. The van der Waals surface area contributed by atoms with Crippen LogP contribution in [0, 0.1) is 0 Å². The van der Waals surface area contributed by atoms with Crippen molar-refractivity contribution in [1.29, 1.82) is 0 Å². The molecule has 0 saturated carbocycles. The van der Waals surface area contributed by atoms with E-state index < -0.39 is 0 Å². The number of rotatable bonds is 2. The van der Waals surface area contributed by atoms with E-state index in [1.807, 2.05) is 12.1 Å². The van der Waals surface area contributed by atoms with E-state index in [4.69, 9.17) is 9.72 Å². The van der Waals surface area contributed by atoms with Gasteiger partial charge >= 0.3 is 0 Å². The minimum Gasteiger partial charge on any atom is -0.380 e. The fourth-order valence-corrected chi connectivity index (χ4v) is 2.56. The summed E-state index contributed by atoms with van der Waals surface area (Å²) in [5.41, 5.74) is 2.25. The van der Waals surface area contributed by atoms with Gasteiger partial charge in [0.2, 0.25) is 0 Å². The Morgan fingerprint density at radius 1 is 1.41 bits per heavy atom. The monoisotopic (exact) mass is 231 g/mol. The van der Waals surface area contributed by atoms with Crippen molar-refractivity contribution in [2.75, 3.05) is 13.7 Å². The van der Waals surface area contributed by atoms with E-state index >= 15 is 0 Å². The van der Waals surface area contributed by atoms with Crippen LogP contribution < -0.4 is 5.32 Å². The van der Waals surface area contributed by atoms with Crippen LogP contribution in [0.2, 0.25) is 0 Å². The third kappa shape index (κ3) is 1.73. The van der Waals surface area contributed by atoms with Gasteiger partial charge in [-0.15, -0.1) is 0 Å². The Bertz CT molecular complexity index is 534. The van der Waals surface area contributed by atoms with Gasteiger partial charge in [-0.2, -0.15) is 0 Å². The van der Waals surface area contributed by atoms with Crippen molar-refractivity contribution in [2.24, 2.45) is 7.05 Å². The lowest BCUT2D eigenvalue weighted by molar-refractivity contribution is 0.117. The first kappa shape index (κ1) is 10.7. The molecule has 0 bridgehead atoms. The van der Waals surface area contributed by atoms with E-state index in [0.29, 0.717) is 12.1 Å². The maximum atomic E-state index is 5.38. The molecule has 1 aromatic heterocycles. The molecule has 1 saturated heterocycles. The highest BCUT2D eigenvalue weighted by atomic mass is 16.5. The molecule has 4 nitrogen and oxygen atoms in total. The molecule has 1 aliphatic heterocycles. The van der Waals surface area contributed by atoms with Crippen LogP contribution in [0.5, 0.6) is 0 Å². The zero-order valence-corrected chi connectivity index (χ0v) is 10.2. The van der Waals surface area contributed by atoms with E-state index in [0.717, 1.165) is 24.3 Å². The lowest BCUT2D eigenvalue weighted by atomic mass is 10.2. The Labute approximate surface area is 101 Å². The van der Waals surface area contributed by atoms with Crippen molar-refractivity contribution in [2.45, 2.75) is 18.6 Å².